The van der Waals surface area contributed by atoms with E-state index in [-0.39, 0.29) is 5.56 Å². The first-order chi connectivity index (χ1) is 15.6. The van der Waals surface area contributed by atoms with Gasteiger partial charge in [-0.15, -0.1) is 0 Å². The number of carbonyl (C=O) groups is 1. The van der Waals surface area contributed by atoms with E-state index in [1.165, 1.54) is 0 Å². The van der Waals surface area contributed by atoms with Crippen LogP contribution in [0.2, 0.25) is 0 Å². The number of H-pyrrole nitrogens is 1. The number of amides is 2. The molecule has 0 aliphatic rings. The van der Waals surface area contributed by atoms with E-state index in [9.17, 15) is 9.59 Å². The number of benzene rings is 3. The molecule has 0 aliphatic heterocycles. The molecule has 0 saturated heterocycles. The number of fused-ring (bicyclic) bond motifs is 1. The second-order valence-electron chi connectivity index (χ2n) is 7.06. The SMILES string of the molecule is COc1cccc(NC(=O)Nc2ccc3c(Cc4ccc(C#N)cc4)n[nH]c(=O)c3c2)c1. The van der Waals surface area contributed by atoms with E-state index in [1.807, 2.05) is 12.1 Å². The van der Waals surface area contributed by atoms with Crippen molar-refractivity contribution in [2.24, 2.45) is 0 Å². The monoisotopic (exact) mass is 425 g/mol. The highest BCUT2D eigenvalue weighted by Gasteiger charge is 2.10. The summed E-state index contributed by atoms with van der Waals surface area (Å²) in [5.41, 5.74) is 2.94. The molecule has 3 N–H and O–H groups in total. The zero-order valence-corrected chi connectivity index (χ0v) is 17.2. The Bertz CT molecular complexity index is 1390. The molecular weight excluding hydrogens is 406 g/mol. The Morgan fingerprint density at radius 2 is 1.78 bits per heavy atom. The van der Waals surface area contributed by atoms with Crippen LogP contribution in [0.5, 0.6) is 5.75 Å². The van der Waals surface area contributed by atoms with E-state index < -0.39 is 6.03 Å². The normalized spacial score (nSPS) is 10.4. The molecular formula is C24H19N5O3. The lowest BCUT2D eigenvalue weighted by molar-refractivity contribution is 0.262. The Kier molecular flexibility index (Phi) is 5.81. The average molecular weight is 425 g/mol. The van der Waals surface area contributed by atoms with E-state index in [4.69, 9.17) is 10.00 Å². The second-order valence-corrected chi connectivity index (χ2v) is 7.06. The van der Waals surface area contributed by atoms with Gasteiger partial charge in [-0.1, -0.05) is 24.3 Å². The van der Waals surface area contributed by atoms with Crippen LogP contribution in [0.25, 0.3) is 10.8 Å². The van der Waals surface area contributed by atoms with Crippen LogP contribution in [0.1, 0.15) is 16.8 Å². The molecule has 1 heterocycles. The number of hydrogen-bond acceptors (Lipinski definition) is 5. The standard InChI is InChI=1S/C24H19N5O3/c1-32-19-4-2-3-17(12-19)26-24(31)27-18-9-10-20-21(13-18)23(30)29-28-22(20)11-15-5-7-16(14-25)8-6-15/h2-10,12-13H,11H2,1H3,(H,29,30)(H2,26,27,31). The maximum Gasteiger partial charge on any atom is 0.323 e. The number of aromatic amines is 1. The molecule has 0 saturated carbocycles. The zero-order chi connectivity index (χ0) is 22.5. The number of hydrogen-bond donors (Lipinski definition) is 3. The van der Waals surface area contributed by atoms with E-state index in [0.29, 0.717) is 45.6 Å². The van der Waals surface area contributed by atoms with E-state index in [2.05, 4.69) is 26.9 Å². The van der Waals surface area contributed by atoms with Crippen LogP contribution < -0.4 is 20.9 Å². The lowest BCUT2D eigenvalue weighted by Crippen LogP contribution is -2.20. The van der Waals surface area contributed by atoms with E-state index >= 15 is 0 Å². The molecule has 0 atom stereocenters. The second kappa shape index (κ2) is 9.02. The molecule has 4 aromatic rings. The summed E-state index contributed by atoms with van der Waals surface area (Å²) in [6.07, 6.45) is 0.488. The van der Waals surface area contributed by atoms with Gasteiger partial charge in [0.05, 0.1) is 29.8 Å². The predicted molar refractivity (Wildman–Crippen MR) is 122 cm³/mol. The van der Waals surface area contributed by atoms with Crippen molar-refractivity contribution in [1.82, 2.24) is 10.2 Å². The molecule has 0 spiro atoms. The molecule has 158 valence electrons. The summed E-state index contributed by atoms with van der Waals surface area (Å²) < 4.78 is 5.15. The number of nitrogens with zero attached hydrogens (tertiary/aromatic N) is 2. The molecule has 0 aliphatic carbocycles. The number of anilines is 2. The van der Waals surface area contributed by atoms with Crippen LogP contribution in [-0.4, -0.2) is 23.3 Å². The van der Waals surface area contributed by atoms with E-state index in [1.54, 1.807) is 61.7 Å². The van der Waals surface area contributed by atoms with Crippen molar-refractivity contribution in [3.63, 3.8) is 0 Å². The Morgan fingerprint density at radius 3 is 2.50 bits per heavy atom. The van der Waals surface area contributed by atoms with Gasteiger partial charge >= 0.3 is 6.03 Å². The number of nitriles is 1. The van der Waals surface area contributed by atoms with Crippen LogP contribution in [0.4, 0.5) is 16.2 Å². The number of aromatic nitrogens is 2. The fourth-order valence-electron chi connectivity index (χ4n) is 3.32. The van der Waals surface area contributed by atoms with Crippen molar-refractivity contribution < 1.29 is 9.53 Å². The molecule has 1 aromatic heterocycles. The third-order valence-electron chi connectivity index (χ3n) is 4.91. The smallest absolute Gasteiger partial charge is 0.323 e. The van der Waals surface area contributed by atoms with Gasteiger partial charge in [0.25, 0.3) is 5.56 Å². The fourth-order valence-corrected chi connectivity index (χ4v) is 3.32. The molecule has 2 amide bonds. The molecule has 8 heteroatoms. The highest BCUT2D eigenvalue weighted by molar-refractivity contribution is 6.01. The van der Waals surface area contributed by atoms with Crippen LogP contribution in [0, 0.1) is 11.3 Å². The topological polar surface area (TPSA) is 120 Å². The van der Waals surface area contributed by atoms with Gasteiger partial charge in [0.2, 0.25) is 0 Å². The van der Waals surface area contributed by atoms with E-state index in [0.717, 1.165) is 5.56 Å². The van der Waals surface area contributed by atoms with Crippen molar-refractivity contribution in [2.45, 2.75) is 6.42 Å². The fraction of sp³-hybridized carbons (Fsp3) is 0.0833. The minimum Gasteiger partial charge on any atom is -0.497 e. The van der Waals surface area contributed by atoms with Gasteiger partial charge in [0.1, 0.15) is 5.75 Å². The molecule has 0 fully saturated rings. The van der Waals surface area contributed by atoms with Crippen molar-refractivity contribution in [3.05, 3.63) is 93.9 Å². The molecule has 8 nitrogen and oxygen atoms in total. The van der Waals surface area contributed by atoms with Crippen LogP contribution >= 0.6 is 0 Å². The summed E-state index contributed by atoms with van der Waals surface area (Å²) in [7, 11) is 1.55. The van der Waals surface area contributed by atoms with Crippen molar-refractivity contribution >= 4 is 28.2 Å². The molecule has 3 aromatic carbocycles. The van der Waals surface area contributed by atoms with Gasteiger partial charge < -0.3 is 15.4 Å². The summed E-state index contributed by atoms with van der Waals surface area (Å²) in [5, 5.41) is 22.2. The van der Waals surface area contributed by atoms with Crippen LogP contribution in [-0.2, 0) is 6.42 Å². The maximum atomic E-state index is 12.4. The Morgan fingerprint density at radius 1 is 1.03 bits per heavy atom. The minimum absolute atomic E-state index is 0.347. The molecule has 0 bridgehead atoms. The Balaban J connectivity index is 1.55. The Hall–Kier alpha value is -4.64. The van der Waals surface area contributed by atoms with Gasteiger partial charge in [0, 0.05) is 29.2 Å². The van der Waals surface area contributed by atoms with Crippen molar-refractivity contribution in [1.29, 1.82) is 5.26 Å². The van der Waals surface area contributed by atoms with Gasteiger partial charge in [-0.25, -0.2) is 9.89 Å². The molecule has 32 heavy (non-hydrogen) atoms. The number of ether oxygens (including phenoxy) is 1. The number of rotatable bonds is 5. The summed E-state index contributed by atoms with van der Waals surface area (Å²) in [6.45, 7) is 0. The highest BCUT2D eigenvalue weighted by atomic mass is 16.5. The first-order valence-electron chi connectivity index (χ1n) is 9.78. The first-order valence-corrected chi connectivity index (χ1v) is 9.78. The highest BCUT2D eigenvalue weighted by Crippen LogP contribution is 2.21. The van der Waals surface area contributed by atoms with Gasteiger partial charge in [-0.05, 0) is 42.0 Å². The third kappa shape index (κ3) is 4.57. The Labute approximate surface area is 183 Å². The van der Waals surface area contributed by atoms with Crippen LogP contribution in [0.3, 0.4) is 0 Å². The first kappa shape index (κ1) is 20.6. The quantitative estimate of drug-likeness (QED) is 0.446. The number of urea groups is 1. The van der Waals surface area contributed by atoms with Crippen LogP contribution in [0.15, 0.2) is 71.5 Å². The largest absolute Gasteiger partial charge is 0.497 e. The summed E-state index contributed by atoms with van der Waals surface area (Å²) in [5.74, 6) is 0.627. The van der Waals surface area contributed by atoms with Crippen molar-refractivity contribution in [3.8, 4) is 11.8 Å². The van der Waals surface area contributed by atoms with Crippen molar-refractivity contribution in [2.75, 3.05) is 17.7 Å². The molecule has 0 radical (unpaired) electrons. The average Bonchev–Trinajstić information content (AvgIpc) is 2.81. The predicted octanol–water partition coefficient (Wildman–Crippen LogP) is 4.04. The number of carbonyl (C=O) groups excluding carboxylic acids is 1. The lowest BCUT2D eigenvalue weighted by Gasteiger charge is -2.10. The summed E-state index contributed by atoms with van der Waals surface area (Å²) in [6, 6.07) is 20.9. The number of methoxy groups -OCH3 is 1. The number of nitrogens with one attached hydrogen (secondary N) is 3. The maximum absolute atomic E-state index is 12.4. The minimum atomic E-state index is -0.444. The van der Waals surface area contributed by atoms with Gasteiger partial charge in [-0.2, -0.15) is 10.4 Å². The summed E-state index contributed by atoms with van der Waals surface area (Å²) >= 11 is 0. The third-order valence-corrected chi connectivity index (χ3v) is 4.91. The summed E-state index contributed by atoms with van der Waals surface area (Å²) in [4.78, 5) is 24.7. The molecule has 4 rings (SSSR count). The van der Waals surface area contributed by atoms with Gasteiger partial charge in [-0.3, -0.25) is 4.79 Å². The van der Waals surface area contributed by atoms with Gasteiger partial charge in [0.15, 0.2) is 0 Å². The zero-order valence-electron chi connectivity index (χ0n) is 17.2. The molecule has 0 unspecified atom stereocenters. The lowest BCUT2D eigenvalue weighted by atomic mass is 10.0.